The van der Waals surface area contributed by atoms with E-state index >= 15 is 0 Å². The lowest BCUT2D eigenvalue weighted by Crippen LogP contribution is -2.54. The van der Waals surface area contributed by atoms with Gasteiger partial charge in [0.25, 0.3) is 0 Å². The summed E-state index contributed by atoms with van der Waals surface area (Å²) in [6.07, 6.45) is 4.24. The Kier molecular flexibility index (Phi) is 2.34. The van der Waals surface area contributed by atoms with Crippen LogP contribution in [0.1, 0.15) is 25.7 Å². The van der Waals surface area contributed by atoms with Crippen LogP contribution in [0.2, 0.25) is 0 Å². The van der Waals surface area contributed by atoms with Crippen LogP contribution in [-0.4, -0.2) is 29.5 Å². The Morgan fingerprint density at radius 2 is 1.92 bits per heavy atom. The van der Waals surface area contributed by atoms with E-state index in [-0.39, 0.29) is 18.6 Å². The Labute approximate surface area is 78.9 Å². The van der Waals surface area contributed by atoms with Gasteiger partial charge in [0.05, 0.1) is 13.2 Å². The lowest BCUT2D eigenvalue weighted by atomic mass is 9.55. The molecular weight excluding hydrogens is 166 g/mol. The molecule has 3 aliphatic rings. The third-order valence-electron chi connectivity index (χ3n) is 4.21. The van der Waals surface area contributed by atoms with Crippen molar-refractivity contribution in [1.82, 2.24) is 0 Å². The zero-order valence-corrected chi connectivity index (χ0v) is 7.95. The summed E-state index contributed by atoms with van der Waals surface area (Å²) in [6, 6.07) is 0.310. The topological polar surface area (TPSA) is 66.5 Å². The number of hydrogen-bond donors (Lipinski definition) is 3. The Hall–Kier alpha value is -0.120. The van der Waals surface area contributed by atoms with Crippen molar-refractivity contribution in [2.75, 3.05) is 13.2 Å². The molecule has 3 saturated carbocycles. The molecule has 0 saturated heterocycles. The molecule has 0 amide bonds. The first-order valence-corrected chi connectivity index (χ1v) is 5.19. The van der Waals surface area contributed by atoms with E-state index in [1.165, 1.54) is 6.42 Å². The highest BCUT2D eigenvalue weighted by atomic mass is 16.3. The van der Waals surface area contributed by atoms with Crippen LogP contribution in [0.25, 0.3) is 0 Å². The molecule has 0 heterocycles. The average Bonchev–Trinajstić information content (AvgIpc) is 2.19. The number of aliphatic hydroxyl groups excluding tert-OH is 2. The molecule has 0 spiro atoms. The van der Waals surface area contributed by atoms with Crippen molar-refractivity contribution in [2.45, 2.75) is 31.7 Å². The maximum atomic E-state index is 9.35. The van der Waals surface area contributed by atoms with Crippen LogP contribution in [0.4, 0.5) is 0 Å². The van der Waals surface area contributed by atoms with Gasteiger partial charge in [0, 0.05) is 11.5 Å². The molecule has 0 radical (unpaired) electrons. The minimum atomic E-state index is -0.210. The molecule has 0 aromatic carbocycles. The Bertz CT molecular complexity index is 191. The van der Waals surface area contributed by atoms with Crippen LogP contribution in [0.5, 0.6) is 0 Å². The number of rotatable bonds is 2. The van der Waals surface area contributed by atoms with Crippen molar-refractivity contribution in [2.24, 2.45) is 23.0 Å². The Morgan fingerprint density at radius 3 is 2.31 bits per heavy atom. The van der Waals surface area contributed by atoms with Crippen molar-refractivity contribution >= 4 is 0 Å². The second-order valence-corrected chi connectivity index (χ2v) is 4.82. The molecule has 13 heavy (non-hydrogen) atoms. The second-order valence-electron chi connectivity index (χ2n) is 4.82. The van der Waals surface area contributed by atoms with E-state index in [1.807, 2.05) is 0 Å². The highest BCUT2D eigenvalue weighted by Gasteiger charge is 2.49. The van der Waals surface area contributed by atoms with Gasteiger partial charge in [-0.3, -0.25) is 0 Å². The van der Waals surface area contributed by atoms with Gasteiger partial charge in [-0.15, -0.1) is 0 Å². The summed E-state index contributed by atoms with van der Waals surface area (Å²) in [6.45, 7) is 0.245. The molecule has 2 bridgehead atoms. The molecule has 3 fully saturated rings. The number of fused-ring (bicyclic) bond motifs is 3. The lowest BCUT2D eigenvalue weighted by molar-refractivity contribution is -0.0815. The van der Waals surface area contributed by atoms with Crippen LogP contribution < -0.4 is 5.73 Å². The van der Waals surface area contributed by atoms with E-state index in [1.54, 1.807) is 0 Å². The lowest BCUT2D eigenvalue weighted by Gasteiger charge is -2.52. The Morgan fingerprint density at radius 1 is 1.23 bits per heavy atom. The van der Waals surface area contributed by atoms with Crippen LogP contribution in [-0.2, 0) is 0 Å². The van der Waals surface area contributed by atoms with Crippen LogP contribution >= 0.6 is 0 Å². The predicted octanol–water partition coefficient (Wildman–Crippen LogP) is 0.105. The number of nitrogens with two attached hydrogens (primary N) is 1. The molecule has 0 aliphatic heterocycles. The number of hydrogen-bond acceptors (Lipinski definition) is 3. The summed E-state index contributed by atoms with van der Waals surface area (Å²) >= 11 is 0. The molecular formula is C10H19NO2. The Balaban J connectivity index is 2.17. The highest BCUT2D eigenvalue weighted by Crippen LogP contribution is 2.51. The van der Waals surface area contributed by atoms with Gasteiger partial charge in [-0.2, -0.15) is 0 Å². The third kappa shape index (κ3) is 1.30. The molecule has 4 N–H and O–H groups in total. The first kappa shape index (κ1) is 9.44. The monoisotopic (exact) mass is 185 g/mol. The summed E-state index contributed by atoms with van der Waals surface area (Å²) in [5, 5.41) is 18.7. The fraction of sp³-hybridized carbons (Fsp3) is 1.00. The molecule has 3 heteroatoms. The fourth-order valence-corrected chi connectivity index (χ4v) is 3.20. The van der Waals surface area contributed by atoms with Crippen molar-refractivity contribution in [1.29, 1.82) is 0 Å². The van der Waals surface area contributed by atoms with Gasteiger partial charge in [0.1, 0.15) is 0 Å². The zero-order valence-electron chi connectivity index (χ0n) is 7.95. The predicted molar refractivity (Wildman–Crippen MR) is 50.0 cm³/mol. The maximum Gasteiger partial charge on any atom is 0.0512 e. The van der Waals surface area contributed by atoms with Gasteiger partial charge < -0.3 is 15.9 Å². The van der Waals surface area contributed by atoms with Gasteiger partial charge >= 0.3 is 0 Å². The summed E-state index contributed by atoms with van der Waals surface area (Å²) in [7, 11) is 0. The van der Waals surface area contributed by atoms with E-state index in [4.69, 9.17) is 5.73 Å². The minimum absolute atomic E-state index is 0.122. The molecule has 3 aliphatic carbocycles. The van der Waals surface area contributed by atoms with Gasteiger partial charge in [0.15, 0.2) is 0 Å². The van der Waals surface area contributed by atoms with Crippen molar-refractivity contribution in [3.8, 4) is 0 Å². The smallest absolute Gasteiger partial charge is 0.0512 e. The van der Waals surface area contributed by atoms with Crippen LogP contribution in [0, 0.1) is 17.3 Å². The van der Waals surface area contributed by atoms with E-state index in [9.17, 15) is 10.2 Å². The highest BCUT2D eigenvalue weighted by molar-refractivity contribution is 5.01. The molecule has 3 atom stereocenters. The molecule has 0 aromatic rings. The first-order chi connectivity index (χ1) is 6.22. The van der Waals surface area contributed by atoms with E-state index in [0.717, 1.165) is 19.3 Å². The maximum absolute atomic E-state index is 9.35. The summed E-state index contributed by atoms with van der Waals surface area (Å²) in [4.78, 5) is 0. The minimum Gasteiger partial charge on any atom is -0.396 e. The third-order valence-corrected chi connectivity index (χ3v) is 4.21. The van der Waals surface area contributed by atoms with Crippen LogP contribution in [0.15, 0.2) is 0 Å². The quantitative estimate of drug-likeness (QED) is 0.572. The van der Waals surface area contributed by atoms with Gasteiger partial charge in [0.2, 0.25) is 0 Å². The van der Waals surface area contributed by atoms with Gasteiger partial charge in [-0.1, -0.05) is 0 Å². The first-order valence-electron chi connectivity index (χ1n) is 5.19. The average molecular weight is 185 g/mol. The largest absolute Gasteiger partial charge is 0.396 e. The fourth-order valence-electron chi connectivity index (χ4n) is 3.20. The van der Waals surface area contributed by atoms with Crippen LogP contribution in [0.3, 0.4) is 0 Å². The van der Waals surface area contributed by atoms with Gasteiger partial charge in [-0.25, -0.2) is 0 Å². The van der Waals surface area contributed by atoms with Crippen molar-refractivity contribution in [3.05, 3.63) is 0 Å². The summed E-state index contributed by atoms with van der Waals surface area (Å²) < 4.78 is 0. The molecule has 3 nitrogen and oxygen atoms in total. The second kappa shape index (κ2) is 3.23. The normalized spacial score (nSPS) is 42.2. The van der Waals surface area contributed by atoms with Crippen molar-refractivity contribution in [3.63, 3.8) is 0 Å². The molecule has 3 unspecified atom stereocenters. The van der Waals surface area contributed by atoms with Gasteiger partial charge in [-0.05, 0) is 37.5 Å². The van der Waals surface area contributed by atoms with E-state index in [2.05, 4.69) is 0 Å². The summed E-state index contributed by atoms with van der Waals surface area (Å²) in [5.41, 5.74) is 5.78. The standard InChI is InChI=1S/C10H19NO2/c11-9-3-8-2-1-7(9)4-10(8,5-12)6-13/h7-9,12-13H,1-6,11H2. The number of aliphatic hydroxyl groups is 2. The SMILES string of the molecule is NC1CC2CCC1CC2(CO)CO. The van der Waals surface area contributed by atoms with E-state index < -0.39 is 0 Å². The summed E-state index contributed by atoms with van der Waals surface area (Å²) in [5.74, 6) is 0.979. The van der Waals surface area contributed by atoms with Crippen molar-refractivity contribution < 1.29 is 10.2 Å². The molecule has 0 aromatic heterocycles. The molecule has 3 rings (SSSR count). The zero-order chi connectivity index (χ0) is 9.47. The van der Waals surface area contributed by atoms with E-state index in [0.29, 0.717) is 17.9 Å². The molecule has 76 valence electrons.